The predicted octanol–water partition coefficient (Wildman–Crippen LogP) is 6.36. The highest BCUT2D eigenvalue weighted by Crippen LogP contribution is 2.53. The van der Waals surface area contributed by atoms with Crippen LogP contribution in [0.3, 0.4) is 0 Å². The number of halogens is 3. The lowest BCUT2D eigenvalue weighted by Gasteiger charge is -2.15. The third-order valence-electron chi connectivity index (χ3n) is 6.72. The van der Waals surface area contributed by atoms with Crippen molar-refractivity contribution in [3.63, 3.8) is 0 Å². The van der Waals surface area contributed by atoms with Gasteiger partial charge in [-0.05, 0) is 91.0 Å². The van der Waals surface area contributed by atoms with Crippen LogP contribution in [0.5, 0.6) is 0 Å². The topological polar surface area (TPSA) is 42.9 Å². The monoisotopic (exact) mass is 438 g/mol. The smallest absolute Gasteiger partial charge is 0.197 e. The molecular formula is C25H21ClF2N2O. The van der Waals surface area contributed by atoms with Crippen molar-refractivity contribution >= 4 is 28.3 Å². The van der Waals surface area contributed by atoms with E-state index in [9.17, 15) is 13.6 Å². The second-order valence-corrected chi connectivity index (χ2v) is 9.08. The SMILES string of the molecule is O=C(Cc1ccc(Cl)cn1)C(F)=C1C[C@@H]2CC(c3ccnc4ccc(F)cc34)C[C@@H]2C1. The Bertz CT molecular complexity index is 1180. The minimum atomic E-state index is -0.598. The fourth-order valence-corrected chi connectivity index (χ4v) is 5.42. The van der Waals surface area contributed by atoms with Crippen LogP contribution in [-0.4, -0.2) is 15.8 Å². The van der Waals surface area contributed by atoms with Crippen LogP contribution in [0.15, 0.2) is 60.2 Å². The van der Waals surface area contributed by atoms with E-state index in [1.54, 1.807) is 30.5 Å². The number of hydrogen-bond donors (Lipinski definition) is 0. The summed E-state index contributed by atoms with van der Waals surface area (Å²) in [6.07, 6.45) is 6.25. The molecule has 0 bridgehead atoms. The van der Waals surface area contributed by atoms with Gasteiger partial charge in [0.25, 0.3) is 0 Å². The molecule has 3 atom stereocenters. The van der Waals surface area contributed by atoms with Gasteiger partial charge < -0.3 is 0 Å². The number of pyridine rings is 2. The molecule has 2 aromatic heterocycles. The molecule has 1 aromatic carbocycles. The average Bonchev–Trinajstić information content (AvgIpc) is 3.33. The highest BCUT2D eigenvalue weighted by Gasteiger charge is 2.41. The standard InChI is InChI=1S/C25H21ClF2N2O/c26-18-1-3-20(30-13-18)12-24(31)25(28)17-9-14-7-16(8-15(14)10-17)21-5-6-29-23-4-2-19(27)11-22(21)23/h1-6,11,13-16H,7-10,12H2/t14-,15+,16?. The third-order valence-corrected chi connectivity index (χ3v) is 6.94. The van der Waals surface area contributed by atoms with Crippen molar-refractivity contribution < 1.29 is 13.6 Å². The van der Waals surface area contributed by atoms with Gasteiger partial charge >= 0.3 is 0 Å². The van der Waals surface area contributed by atoms with E-state index < -0.39 is 11.6 Å². The molecule has 2 aliphatic rings. The van der Waals surface area contributed by atoms with E-state index in [0.717, 1.165) is 29.3 Å². The lowest BCUT2D eigenvalue weighted by Crippen LogP contribution is -2.07. The highest BCUT2D eigenvalue weighted by molar-refractivity contribution is 6.30. The first kappa shape index (κ1) is 20.3. The van der Waals surface area contributed by atoms with Crippen molar-refractivity contribution in [3.05, 3.63) is 82.3 Å². The summed E-state index contributed by atoms with van der Waals surface area (Å²) in [6, 6.07) is 9.97. The van der Waals surface area contributed by atoms with Crippen LogP contribution in [0.2, 0.25) is 5.02 Å². The summed E-state index contributed by atoms with van der Waals surface area (Å²) in [5.74, 6) is -0.370. The first-order valence-corrected chi connectivity index (χ1v) is 10.9. The van der Waals surface area contributed by atoms with Crippen molar-refractivity contribution in [2.24, 2.45) is 11.8 Å². The molecule has 158 valence electrons. The van der Waals surface area contributed by atoms with Crippen molar-refractivity contribution in [2.45, 2.75) is 38.0 Å². The molecule has 0 aliphatic heterocycles. The number of ketones is 1. The van der Waals surface area contributed by atoms with E-state index in [0.29, 0.717) is 46.9 Å². The van der Waals surface area contributed by atoms with Gasteiger partial charge in [0.05, 0.1) is 17.0 Å². The Morgan fingerprint density at radius 1 is 1.06 bits per heavy atom. The van der Waals surface area contributed by atoms with Crippen LogP contribution in [0.1, 0.15) is 42.9 Å². The zero-order valence-electron chi connectivity index (χ0n) is 16.8. The normalized spacial score (nSPS) is 24.4. The van der Waals surface area contributed by atoms with E-state index in [1.165, 1.54) is 12.3 Å². The molecule has 2 saturated carbocycles. The molecule has 2 fully saturated rings. The van der Waals surface area contributed by atoms with Gasteiger partial charge in [-0.15, -0.1) is 0 Å². The van der Waals surface area contributed by atoms with E-state index in [2.05, 4.69) is 9.97 Å². The Kier molecular flexibility index (Phi) is 5.30. The van der Waals surface area contributed by atoms with Crippen molar-refractivity contribution in [2.75, 3.05) is 0 Å². The maximum Gasteiger partial charge on any atom is 0.197 e. The molecule has 2 heterocycles. The molecule has 0 radical (unpaired) electrons. The number of carbonyl (C=O) groups excluding carboxylic acids is 1. The molecule has 2 aliphatic carbocycles. The number of carbonyl (C=O) groups is 1. The number of fused-ring (bicyclic) bond motifs is 2. The van der Waals surface area contributed by atoms with Gasteiger partial charge in [0.1, 0.15) is 5.82 Å². The van der Waals surface area contributed by atoms with Crippen molar-refractivity contribution in [1.29, 1.82) is 0 Å². The summed E-state index contributed by atoms with van der Waals surface area (Å²) < 4.78 is 28.7. The Morgan fingerprint density at radius 3 is 2.55 bits per heavy atom. The minimum Gasteiger partial charge on any atom is -0.291 e. The summed E-state index contributed by atoms with van der Waals surface area (Å²) in [4.78, 5) is 20.9. The zero-order chi connectivity index (χ0) is 21.5. The molecule has 5 rings (SSSR count). The number of benzene rings is 1. The number of hydrogen-bond acceptors (Lipinski definition) is 3. The summed E-state index contributed by atoms with van der Waals surface area (Å²) in [7, 11) is 0. The Hall–Kier alpha value is -2.66. The Labute approximate surface area is 184 Å². The Balaban J connectivity index is 1.30. The fourth-order valence-electron chi connectivity index (χ4n) is 5.31. The van der Waals surface area contributed by atoms with Gasteiger partial charge in [0.15, 0.2) is 11.6 Å². The largest absolute Gasteiger partial charge is 0.291 e. The minimum absolute atomic E-state index is 0.0565. The second-order valence-electron chi connectivity index (χ2n) is 8.64. The highest BCUT2D eigenvalue weighted by atomic mass is 35.5. The molecule has 3 nitrogen and oxygen atoms in total. The molecule has 0 N–H and O–H groups in total. The lowest BCUT2D eigenvalue weighted by atomic mass is 9.91. The second kappa shape index (κ2) is 8.12. The first-order valence-electron chi connectivity index (χ1n) is 10.5. The average molecular weight is 439 g/mol. The van der Waals surface area contributed by atoms with Crippen LogP contribution in [-0.2, 0) is 11.2 Å². The molecular weight excluding hydrogens is 418 g/mol. The van der Waals surface area contributed by atoms with E-state index >= 15 is 0 Å². The van der Waals surface area contributed by atoms with Gasteiger partial charge in [-0.3, -0.25) is 14.8 Å². The fraction of sp³-hybridized carbons (Fsp3) is 0.320. The van der Waals surface area contributed by atoms with Crippen LogP contribution < -0.4 is 0 Å². The van der Waals surface area contributed by atoms with Crippen LogP contribution in [0.4, 0.5) is 8.78 Å². The van der Waals surface area contributed by atoms with Crippen molar-refractivity contribution in [3.8, 4) is 0 Å². The molecule has 0 amide bonds. The van der Waals surface area contributed by atoms with Crippen LogP contribution >= 0.6 is 11.6 Å². The maximum absolute atomic E-state index is 14.9. The van der Waals surface area contributed by atoms with E-state index in [4.69, 9.17) is 11.6 Å². The van der Waals surface area contributed by atoms with Gasteiger partial charge in [0, 0.05) is 23.5 Å². The Morgan fingerprint density at radius 2 is 1.84 bits per heavy atom. The number of aromatic nitrogens is 2. The van der Waals surface area contributed by atoms with Gasteiger partial charge in [-0.1, -0.05) is 11.6 Å². The molecule has 3 aromatic rings. The number of allylic oxidation sites excluding steroid dienone is 2. The number of nitrogens with zero attached hydrogens (tertiary/aromatic N) is 2. The summed E-state index contributed by atoms with van der Waals surface area (Å²) in [6.45, 7) is 0. The van der Waals surface area contributed by atoms with Crippen molar-refractivity contribution in [1.82, 2.24) is 9.97 Å². The van der Waals surface area contributed by atoms with E-state index in [-0.39, 0.29) is 12.2 Å². The number of Topliss-reactive ketones (excluding diaryl/α,β-unsaturated/α-hetero) is 1. The predicted molar refractivity (Wildman–Crippen MR) is 116 cm³/mol. The molecule has 0 spiro atoms. The van der Waals surface area contributed by atoms with Gasteiger partial charge in [-0.25, -0.2) is 8.78 Å². The lowest BCUT2D eigenvalue weighted by molar-refractivity contribution is -0.116. The van der Waals surface area contributed by atoms with Crippen LogP contribution in [0.25, 0.3) is 10.9 Å². The summed E-state index contributed by atoms with van der Waals surface area (Å²) >= 11 is 5.81. The van der Waals surface area contributed by atoms with Gasteiger partial charge in [0.2, 0.25) is 0 Å². The van der Waals surface area contributed by atoms with E-state index in [1.807, 2.05) is 6.07 Å². The summed E-state index contributed by atoms with van der Waals surface area (Å²) in [5.41, 5.74) is 3.07. The number of rotatable bonds is 4. The zero-order valence-corrected chi connectivity index (χ0v) is 17.6. The molecule has 0 saturated heterocycles. The van der Waals surface area contributed by atoms with Gasteiger partial charge in [-0.2, -0.15) is 0 Å². The first-order chi connectivity index (χ1) is 15.0. The third kappa shape index (κ3) is 3.99. The van der Waals surface area contributed by atoms with Crippen LogP contribution in [0, 0.1) is 17.7 Å². The molecule has 31 heavy (non-hydrogen) atoms. The quantitative estimate of drug-likeness (QED) is 0.445. The molecule has 1 unspecified atom stereocenters. The molecule has 6 heteroatoms. The maximum atomic E-state index is 14.9. The summed E-state index contributed by atoms with van der Waals surface area (Å²) in [5, 5.41) is 1.35.